The minimum Gasteiger partial charge on any atom is -0.333 e. The normalized spacial score (nSPS) is 12.6. The highest BCUT2D eigenvalue weighted by molar-refractivity contribution is 8.00. The fourth-order valence-electron chi connectivity index (χ4n) is 2.48. The van der Waals surface area contributed by atoms with Gasteiger partial charge in [0.25, 0.3) is 5.56 Å². The fourth-order valence-corrected chi connectivity index (χ4v) is 3.58. The summed E-state index contributed by atoms with van der Waals surface area (Å²) in [6.45, 7) is 9.56. The molecule has 3 amide bonds. The summed E-state index contributed by atoms with van der Waals surface area (Å²) in [5, 5.41) is 5.74. The topological polar surface area (TPSA) is 93.1 Å². The highest BCUT2D eigenvalue weighted by Crippen LogP contribution is 2.24. The molecule has 0 radical (unpaired) electrons. The lowest BCUT2D eigenvalue weighted by Crippen LogP contribution is -2.49. The molecule has 1 heterocycles. The van der Waals surface area contributed by atoms with Crippen LogP contribution in [0, 0.1) is 0 Å². The molecule has 0 saturated heterocycles. The van der Waals surface area contributed by atoms with Gasteiger partial charge < -0.3 is 5.32 Å². The van der Waals surface area contributed by atoms with Crippen LogP contribution in [-0.4, -0.2) is 32.3 Å². The minimum absolute atomic E-state index is 0.177. The van der Waals surface area contributed by atoms with Gasteiger partial charge in [0.2, 0.25) is 5.91 Å². The standard InChI is InChI=1S/C19H25ClN4O3S/c1-6-9-24-16(26)13-8-7-12(20)10-14(13)21-18(24)28-11(2)15(25)22-17(27)23-19(3,4)5/h7-8,10-11H,6,9H2,1-5H3,(H2,22,23,25,27)/t11-/m1/s1. The number of thioether (sulfide) groups is 1. The first-order valence-corrected chi connectivity index (χ1v) is 10.3. The second-order valence-electron chi connectivity index (χ2n) is 7.47. The number of aromatic nitrogens is 2. The quantitative estimate of drug-likeness (QED) is 0.565. The zero-order valence-electron chi connectivity index (χ0n) is 16.6. The molecule has 0 fully saturated rings. The van der Waals surface area contributed by atoms with Gasteiger partial charge in [0.1, 0.15) is 0 Å². The van der Waals surface area contributed by atoms with Crippen molar-refractivity contribution < 1.29 is 9.59 Å². The molecular weight excluding hydrogens is 400 g/mol. The van der Waals surface area contributed by atoms with Crippen molar-refractivity contribution in [1.29, 1.82) is 0 Å². The van der Waals surface area contributed by atoms with Crippen molar-refractivity contribution in [3.05, 3.63) is 33.6 Å². The first-order chi connectivity index (χ1) is 13.0. The Bertz CT molecular complexity index is 953. The van der Waals surface area contributed by atoms with Crippen molar-refractivity contribution >= 4 is 46.2 Å². The van der Waals surface area contributed by atoms with E-state index in [9.17, 15) is 14.4 Å². The lowest BCUT2D eigenvalue weighted by atomic mass is 10.1. The van der Waals surface area contributed by atoms with Gasteiger partial charge in [0, 0.05) is 17.1 Å². The molecule has 0 bridgehead atoms. The van der Waals surface area contributed by atoms with Crippen LogP contribution in [0.5, 0.6) is 0 Å². The number of hydrogen-bond donors (Lipinski definition) is 2. The molecule has 1 atom stereocenters. The Morgan fingerprint density at radius 3 is 2.61 bits per heavy atom. The van der Waals surface area contributed by atoms with Crippen LogP contribution in [0.15, 0.2) is 28.2 Å². The summed E-state index contributed by atoms with van der Waals surface area (Å²) in [5.74, 6) is -0.463. The number of urea groups is 1. The Kier molecular flexibility index (Phi) is 7.11. The predicted octanol–water partition coefficient (Wildman–Crippen LogP) is 3.56. The van der Waals surface area contributed by atoms with E-state index in [-0.39, 0.29) is 5.56 Å². The van der Waals surface area contributed by atoms with Crippen molar-refractivity contribution in [1.82, 2.24) is 20.2 Å². The summed E-state index contributed by atoms with van der Waals surface area (Å²) in [4.78, 5) is 41.7. The van der Waals surface area contributed by atoms with Crippen LogP contribution >= 0.6 is 23.4 Å². The Hall–Kier alpha value is -2.06. The Morgan fingerprint density at radius 1 is 1.32 bits per heavy atom. The lowest BCUT2D eigenvalue weighted by Gasteiger charge is -2.21. The van der Waals surface area contributed by atoms with E-state index in [2.05, 4.69) is 15.6 Å². The molecule has 2 aromatic rings. The first-order valence-electron chi connectivity index (χ1n) is 9.01. The fraction of sp³-hybridized carbons (Fsp3) is 0.474. The number of nitrogens with zero attached hydrogens (tertiary/aromatic N) is 2. The average molecular weight is 425 g/mol. The summed E-state index contributed by atoms with van der Waals surface area (Å²) in [5.41, 5.74) is -0.156. The molecule has 2 rings (SSSR count). The summed E-state index contributed by atoms with van der Waals surface area (Å²) in [7, 11) is 0. The predicted molar refractivity (Wildman–Crippen MR) is 113 cm³/mol. The van der Waals surface area contributed by atoms with E-state index < -0.39 is 22.7 Å². The van der Waals surface area contributed by atoms with Gasteiger partial charge in [-0.1, -0.05) is 30.3 Å². The molecule has 0 aliphatic rings. The molecule has 2 N–H and O–H groups in total. The maximum absolute atomic E-state index is 12.8. The second-order valence-corrected chi connectivity index (χ2v) is 9.21. The van der Waals surface area contributed by atoms with Gasteiger partial charge in [-0.05, 0) is 52.3 Å². The number of fused-ring (bicyclic) bond motifs is 1. The lowest BCUT2D eigenvalue weighted by molar-refractivity contribution is -0.119. The van der Waals surface area contributed by atoms with Gasteiger partial charge in [0.05, 0.1) is 16.2 Å². The van der Waals surface area contributed by atoms with Gasteiger partial charge >= 0.3 is 6.03 Å². The zero-order chi connectivity index (χ0) is 21.1. The number of rotatable bonds is 5. The minimum atomic E-state index is -0.627. The van der Waals surface area contributed by atoms with Gasteiger partial charge in [0.15, 0.2) is 5.16 Å². The zero-order valence-corrected chi connectivity index (χ0v) is 18.2. The Balaban J connectivity index is 2.28. The van der Waals surface area contributed by atoms with Crippen molar-refractivity contribution in [3.63, 3.8) is 0 Å². The third-order valence-electron chi connectivity index (χ3n) is 3.71. The van der Waals surface area contributed by atoms with E-state index >= 15 is 0 Å². The molecule has 9 heteroatoms. The van der Waals surface area contributed by atoms with Crippen molar-refractivity contribution in [2.45, 2.75) is 63.5 Å². The van der Waals surface area contributed by atoms with E-state index in [1.807, 2.05) is 27.7 Å². The van der Waals surface area contributed by atoms with Crippen LogP contribution in [0.25, 0.3) is 10.9 Å². The molecule has 0 aliphatic heterocycles. The first kappa shape index (κ1) is 22.2. The number of hydrogen-bond acceptors (Lipinski definition) is 5. The van der Waals surface area contributed by atoms with Crippen molar-refractivity contribution in [2.75, 3.05) is 0 Å². The second kappa shape index (κ2) is 8.96. The average Bonchev–Trinajstić information content (AvgIpc) is 2.56. The summed E-state index contributed by atoms with van der Waals surface area (Å²) in [6, 6.07) is 4.37. The Morgan fingerprint density at radius 2 is 2.00 bits per heavy atom. The molecule has 28 heavy (non-hydrogen) atoms. The molecule has 0 saturated carbocycles. The Labute approximate surface area is 173 Å². The molecule has 0 spiro atoms. The van der Waals surface area contributed by atoms with Gasteiger partial charge in [-0.2, -0.15) is 0 Å². The van der Waals surface area contributed by atoms with E-state index in [0.29, 0.717) is 27.6 Å². The molecule has 152 valence electrons. The molecule has 0 aliphatic carbocycles. The molecule has 0 unspecified atom stereocenters. The number of halogens is 1. The van der Waals surface area contributed by atoms with E-state index in [1.165, 1.54) is 0 Å². The number of carbonyl (C=O) groups is 2. The van der Waals surface area contributed by atoms with Crippen LogP contribution < -0.4 is 16.2 Å². The van der Waals surface area contributed by atoms with Gasteiger partial charge in [-0.3, -0.25) is 19.5 Å². The smallest absolute Gasteiger partial charge is 0.321 e. The number of imide groups is 1. The highest BCUT2D eigenvalue weighted by Gasteiger charge is 2.22. The van der Waals surface area contributed by atoms with Crippen LogP contribution in [0.3, 0.4) is 0 Å². The summed E-state index contributed by atoms with van der Waals surface area (Å²) >= 11 is 7.16. The maximum atomic E-state index is 12.8. The summed E-state index contributed by atoms with van der Waals surface area (Å²) in [6.07, 6.45) is 0.739. The van der Waals surface area contributed by atoms with Crippen LogP contribution in [0.1, 0.15) is 41.0 Å². The van der Waals surface area contributed by atoms with Crippen molar-refractivity contribution in [3.8, 4) is 0 Å². The number of carbonyl (C=O) groups excluding carboxylic acids is 2. The number of benzene rings is 1. The molecule has 1 aromatic carbocycles. The molecule has 7 nitrogen and oxygen atoms in total. The van der Waals surface area contributed by atoms with Crippen LogP contribution in [0.4, 0.5) is 4.79 Å². The van der Waals surface area contributed by atoms with Gasteiger partial charge in [-0.25, -0.2) is 9.78 Å². The molecule has 1 aromatic heterocycles. The molecular formula is C19H25ClN4O3S. The number of amides is 3. The monoisotopic (exact) mass is 424 g/mol. The van der Waals surface area contributed by atoms with Crippen LogP contribution in [-0.2, 0) is 11.3 Å². The van der Waals surface area contributed by atoms with Crippen molar-refractivity contribution in [2.24, 2.45) is 0 Å². The number of nitrogens with one attached hydrogen (secondary N) is 2. The largest absolute Gasteiger partial charge is 0.333 e. The summed E-state index contributed by atoms with van der Waals surface area (Å²) < 4.78 is 1.56. The third kappa shape index (κ3) is 5.72. The van der Waals surface area contributed by atoms with E-state index in [1.54, 1.807) is 29.7 Å². The van der Waals surface area contributed by atoms with Gasteiger partial charge in [-0.15, -0.1) is 0 Å². The van der Waals surface area contributed by atoms with E-state index in [0.717, 1.165) is 18.2 Å². The van der Waals surface area contributed by atoms with E-state index in [4.69, 9.17) is 11.6 Å². The SMILES string of the molecule is CCCn1c(S[C@H](C)C(=O)NC(=O)NC(C)(C)C)nc2cc(Cl)ccc2c1=O. The highest BCUT2D eigenvalue weighted by atomic mass is 35.5. The van der Waals surface area contributed by atoms with Crippen LogP contribution in [0.2, 0.25) is 5.02 Å². The maximum Gasteiger partial charge on any atom is 0.321 e. The third-order valence-corrected chi connectivity index (χ3v) is 5.03.